The summed E-state index contributed by atoms with van der Waals surface area (Å²) in [6, 6.07) is 7.23. The smallest absolute Gasteiger partial charge is 0.491 e. The molecular weight excluding hydrogens is 252 g/mol. The van der Waals surface area contributed by atoms with Crippen molar-refractivity contribution in [3.8, 4) is 11.5 Å². The maximum Gasteiger partial charge on any atom is 0.748 e. The van der Waals surface area contributed by atoms with E-state index in [4.69, 9.17) is 22.4 Å². The Morgan fingerprint density at radius 3 is 1.67 bits per heavy atom. The Labute approximate surface area is 109 Å². The number of rotatable bonds is 7. The lowest BCUT2D eigenvalue weighted by Gasteiger charge is -2.23. The van der Waals surface area contributed by atoms with Crippen LogP contribution in [0.3, 0.4) is 0 Å². The Morgan fingerprint density at radius 1 is 0.833 bits per heavy atom. The molecule has 0 aliphatic rings. The van der Waals surface area contributed by atoms with E-state index in [1.165, 1.54) is 21.3 Å². The monoisotopic (exact) mass is 272 g/mol. The Bertz CT molecular complexity index is 340. The van der Waals surface area contributed by atoms with Crippen LogP contribution < -0.4 is 9.16 Å². The van der Waals surface area contributed by atoms with Gasteiger partial charge >= 0.3 is 9.05 Å². The summed E-state index contributed by atoms with van der Waals surface area (Å²) in [6.07, 6.45) is 0.141. The topological polar surface area (TPSA) is 46.2 Å². The molecule has 0 spiro atoms. The van der Waals surface area contributed by atoms with Crippen LogP contribution in [-0.2, 0) is 13.3 Å². The molecule has 18 heavy (non-hydrogen) atoms. The van der Waals surface area contributed by atoms with Gasteiger partial charge in [0.25, 0.3) is 0 Å². The average Bonchev–Trinajstić information content (AvgIpc) is 2.38. The summed E-state index contributed by atoms with van der Waals surface area (Å²) in [7, 11) is 1.44. The minimum Gasteiger partial charge on any atom is -0.491 e. The highest BCUT2D eigenvalue weighted by atomic mass is 28.4. The van der Waals surface area contributed by atoms with Crippen molar-refractivity contribution >= 4 is 9.05 Å². The van der Waals surface area contributed by atoms with Crippen LogP contribution in [0.5, 0.6) is 11.5 Å². The highest BCUT2D eigenvalue weighted by Crippen LogP contribution is 2.22. The molecule has 0 N–H and O–H groups in total. The molecule has 0 aliphatic heterocycles. The summed E-state index contributed by atoms with van der Waals surface area (Å²) in [5.41, 5.74) is 0. The number of benzene rings is 1. The first kappa shape index (κ1) is 15.0. The zero-order valence-electron chi connectivity index (χ0n) is 11.4. The van der Waals surface area contributed by atoms with E-state index in [0.717, 1.165) is 5.75 Å². The van der Waals surface area contributed by atoms with Crippen LogP contribution in [0.2, 0.25) is 0 Å². The molecule has 0 saturated carbocycles. The molecule has 102 valence electrons. The summed E-state index contributed by atoms with van der Waals surface area (Å²) in [5.74, 6) is 1.40. The molecule has 0 saturated heterocycles. The zero-order chi connectivity index (χ0) is 13.6. The predicted octanol–water partition coefficient (Wildman–Crippen LogP) is 2.23. The van der Waals surface area contributed by atoms with Gasteiger partial charge in [0.15, 0.2) is 0 Å². The number of hydrogen-bond donors (Lipinski definition) is 0. The van der Waals surface area contributed by atoms with E-state index in [2.05, 4.69) is 0 Å². The normalized spacial score (nSPS) is 11.7. The third kappa shape index (κ3) is 3.99. The molecule has 0 amide bonds. The van der Waals surface area contributed by atoms with Crippen LogP contribution in [0.15, 0.2) is 24.3 Å². The van der Waals surface area contributed by atoms with E-state index in [9.17, 15) is 0 Å². The van der Waals surface area contributed by atoms with Crippen molar-refractivity contribution in [2.45, 2.75) is 20.0 Å². The second-order valence-electron chi connectivity index (χ2n) is 3.85. The molecule has 5 nitrogen and oxygen atoms in total. The van der Waals surface area contributed by atoms with Crippen molar-refractivity contribution in [1.29, 1.82) is 0 Å². The van der Waals surface area contributed by atoms with Gasteiger partial charge in [-0.3, -0.25) is 0 Å². The Morgan fingerprint density at radius 2 is 1.28 bits per heavy atom. The quantitative estimate of drug-likeness (QED) is 0.712. The fourth-order valence-electron chi connectivity index (χ4n) is 1.38. The fourth-order valence-corrected chi connectivity index (χ4v) is 2.55. The van der Waals surface area contributed by atoms with E-state index in [1.54, 1.807) is 12.1 Å². The van der Waals surface area contributed by atoms with Gasteiger partial charge in [-0.05, 0) is 38.1 Å². The third-order valence-corrected chi connectivity index (χ3v) is 4.17. The van der Waals surface area contributed by atoms with Crippen LogP contribution in [0.1, 0.15) is 13.8 Å². The molecule has 0 bridgehead atoms. The molecule has 0 heterocycles. The van der Waals surface area contributed by atoms with Gasteiger partial charge in [-0.15, -0.1) is 0 Å². The molecule has 0 aromatic heterocycles. The summed E-state index contributed by atoms with van der Waals surface area (Å²) in [5, 5.41) is 0. The standard InChI is InChI=1S/C12H20O5Si/c1-10(2)16-11-6-8-12(9-7-11)17-18(13-3,14-4)15-5/h6-10H,1-5H3. The lowest BCUT2D eigenvalue weighted by molar-refractivity contribution is 0.0510. The van der Waals surface area contributed by atoms with Gasteiger partial charge in [0, 0.05) is 21.3 Å². The summed E-state index contributed by atoms with van der Waals surface area (Å²) in [6.45, 7) is 3.95. The van der Waals surface area contributed by atoms with Crippen LogP contribution in [0.4, 0.5) is 0 Å². The van der Waals surface area contributed by atoms with Gasteiger partial charge < -0.3 is 22.4 Å². The fraction of sp³-hybridized carbons (Fsp3) is 0.500. The van der Waals surface area contributed by atoms with E-state index < -0.39 is 9.05 Å². The second kappa shape index (κ2) is 6.74. The lowest BCUT2D eigenvalue weighted by atomic mass is 10.3. The maximum atomic E-state index is 5.63. The summed E-state index contributed by atoms with van der Waals surface area (Å²) in [4.78, 5) is 0. The molecule has 1 aromatic rings. The maximum absolute atomic E-state index is 5.63. The van der Waals surface area contributed by atoms with E-state index in [-0.39, 0.29) is 6.10 Å². The minimum absolute atomic E-state index is 0.141. The SMILES string of the molecule is CO[Si](OC)(OC)Oc1ccc(OC(C)C)cc1. The molecule has 0 atom stereocenters. The first-order valence-corrected chi connectivity index (χ1v) is 7.29. The molecule has 0 fully saturated rings. The average molecular weight is 272 g/mol. The first-order valence-electron chi connectivity index (χ1n) is 5.66. The summed E-state index contributed by atoms with van der Waals surface area (Å²) < 4.78 is 26.7. The van der Waals surface area contributed by atoms with E-state index in [1.807, 2.05) is 26.0 Å². The van der Waals surface area contributed by atoms with E-state index >= 15 is 0 Å². The van der Waals surface area contributed by atoms with E-state index in [0.29, 0.717) is 5.75 Å². The van der Waals surface area contributed by atoms with Crippen LogP contribution in [0.25, 0.3) is 0 Å². The van der Waals surface area contributed by atoms with Crippen molar-refractivity contribution in [3.05, 3.63) is 24.3 Å². The molecule has 0 radical (unpaired) electrons. The minimum atomic E-state index is -3.05. The Balaban J connectivity index is 2.73. The molecular formula is C12H20O5Si. The molecule has 0 aliphatic carbocycles. The van der Waals surface area contributed by atoms with Gasteiger partial charge in [-0.25, -0.2) is 0 Å². The van der Waals surface area contributed by atoms with Gasteiger partial charge in [0.2, 0.25) is 0 Å². The third-order valence-electron chi connectivity index (χ3n) is 2.19. The van der Waals surface area contributed by atoms with Crippen LogP contribution >= 0.6 is 0 Å². The second-order valence-corrected chi connectivity index (χ2v) is 6.28. The van der Waals surface area contributed by atoms with Crippen LogP contribution in [0, 0.1) is 0 Å². The van der Waals surface area contributed by atoms with Gasteiger partial charge in [0.05, 0.1) is 6.10 Å². The molecule has 6 heteroatoms. The van der Waals surface area contributed by atoms with Gasteiger partial charge in [-0.1, -0.05) is 0 Å². The number of ether oxygens (including phenoxy) is 1. The Hall–Kier alpha value is -1.08. The van der Waals surface area contributed by atoms with Gasteiger partial charge in [-0.2, -0.15) is 0 Å². The van der Waals surface area contributed by atoms with Crippen molar-refractivity contribution < 1.29 is 22.4 Å². The Kier molecular flexibility index (Phi) is 5.61. The van der Waals surface area contributed by atoms with Crippen molar-refractivity contribution in [2.24, 2.45) is 0 Å². The first-order chi connectivity index (χ1) is 8.55. The van der Waals surface area contributed by atoms with Gasteiger partial charge in [0.1, 0.15) is 11.5 Å². The predicted molar refractivity (Wildman–Crippen MR) is 69.6 cm³/mol. The highest BCUT2D eigenvalue weighted by Gasteiger charge is 2.45. The molecule has 0 unspecified atom stereocenters. The van der Waals surface area contributed by atoms with Crippen molar-refractivity contribution in [3.63, 3.8) is 0 Å². The summed E-state index contributed by atoms with van der Waals surface area (Å²) >= 11 is 0. The lowest BCUT2D eigenvalue weighted by Crippen LogP contribution is -2.49. The van der Waals surface area contributed by atoms with Crippen molar-refractivity contribution in [1.82, 2.24) is 0 Å². The molecule has 1 aromatic carbocycles. The molecule has 1 rings (SSSR count). The number of hydrogen-bond acceptors (Lipinski definition) is 5. The van der Waals surface area contributed by atoms with Crippen molar-refractivity contribution in [2.75, 3.05) is 21.3 Å². The largest absolute Gasteiger partial charge is 0.748 e. The highest BCUT2D eigenvalue weighted by molar-refractivity contribution is 6.54. The van der Waals surface area contributed by atoms with Crippen LogP contribution in [-0.4, -0.2) is 36.5 Å². The zero-order valence-corrected chi connectivity index (χ0v) is 12.4.